The molecule has 106 valence electrons. The minimum atomic E-state index is -0.0307. The molecule has 0 fully saturated rings. The van der Waals surface area contributed by atoms with Gasteiger partial charge in [-0.05, 0) is 30.7 Å². The highest BCUT2D eigenvalue weighted by atomic mass is 35.5. The Morgan fingerprint density at radius 1 is 1.19 bits per heavy atom. The van der Waals surface area contributed by atoms with Gasteiger partial charge in [0.2, 0.25) is 0 Å². The Morgan fingerprint density at radius 3 is 2.71 bits per heavy atom. The van der Waals surface area contributed by atoms with Crippen LogP contribution in [0.4, 0.5) is 0 Å². The maximum atomic E-state index is 13.0. The van der Waals surface area contributed by atoms with Crippen molar-refractivity contribution in [2.45, 2.75) is 20.3 Å². The Labute approximate surface area is 128 Å². The van der Waals surface area contributed by atoms with Crippen molar-refractivity contribution in [3.63, 3.8) is 0 Å². The first-order valence-electron chi connectivity index (χ1n) is 6.93. The minimum Gasteiger partial charge on any atom is -0.460 e. The van der Waals surface area contributed by atoms with Crippen molar-refractivity contribution in [2.24, 2.45) is 0 Å². The van der Waals surface area contributed by atoms with Gasteiger partial charge in [0.25, 0.3) is 0 Å². The summed E-state index contributed by atoms with van der Waals surface area (Å²) in [4.78, 5) is 13.0. The molecule has 0 aliphatic rings. The molecule has 1 aromatic heterocycles. The van der Waals surface area contributed by atoms with Crippen molar-refractivity contribution in [3.05, 3.63) is 69.9 Å². The van der Waals surface area contributed by atoms with Crippen molar-refractivity contribution in [1.29, 1.82) is 0 Å². The molecule has 2 nitrogen and oxygen atoms in total. The van der Waals surface area contributed by atoms with E-state index in [0.717, 1.165) is 22.3 Å². The lowest BCUT2D eigenvalue weighted by Crippen LogP contribution is -2.05. The fourth-order valence-electron chi connectivity index (χ4n) is 2.57. The third-order valence-corrected chi connectivity index (χ3v) is 3.90. The highest BCUT2D eigenvalue weighted by molar-refractivity contribution is 6.31. The molecule has 21 heavy (non-hydrogen) atoms. The number of fused-ring (bicyclic) bond motifs is 1. The highest BCUT2D eigenvalue weighted by Crippen LogP contribution is 2.30. The van der Waals surface area contributed by atoms with Gasteiger partial charge in [-0.25, -0.2) is 0 Å². The largest absolute Gasteiger partial charge is 0.460 e. The molecule has 2 aromatic carbocycles. The number of rotatable bonds is 3. The van der Waals surface area contributed by atoms with E-state index in [2.05, 4.69) is 0 Å². The van der Waals surface area contributed by atoms with E-state index in [0.29, 0.717) is 22.6 Å². The number of benzene rings is 2. The summed E-state index contributed by atoms with van der Waals surface area (Å²) < 4.78 is 5.81. The molecule has 3 heteroatoms. The quantitative estimate of drug-likeness (QED) is 0.623. The third-order valence-electron chi connectivity index (χ3n) is 3.66. The predicted molar refractivity (Wildman–Crippen MR) is 85.2 cm³/mol. The first-order valence-corrected chi connectivity index (χ1v) is 7.31. The summed E-state index contributed by atoms with van der Waals surface area (Å²) in [6.45, 7) is 3.90. The second-order valence-corrected chi connectivity index (χ2v) is 5.47. The normalized spacial score (nSPS) is 11.0. The van der Waals surface area contributed by atoms with Crippen LogP contribution in [0.1, 0.15) is 34.2 Å². The molecular formula is C18H15ClO2. The van der Waals surface area contributed by atoms with E-state index < -0.39 is 0 Å². The molecule has 0 aliphatic heterocycles. The van der Waals surface area contributed by atoms with Gasteiger partial charge in [-0.3, -0.25) is 4.79 Å². The zero-order valence-corrected chi connectivity index (χ0v) is 12.7. The number of halogens is 1. The smallest absolute Gasteiger partial charge is 0.197 e. The topological polar surface area (TPSA) is 30.2 Å². The van der Waals surface area contributed by atoms with E-state index >= 15 is 0 Å². The Morgan fingerprint density at radius 2 is 1.95 bits per heavy atom. The van der Waals surface area contributed by atoms with Gasteiger partial charge in [0.1, 0.15) is 11.3 Å². The number of ketones is 1. The molecule has 1 heterocycles. The fraction of sp³-hybridized carbons (Fsp3) is 0.167. The van der Waals surface area contributed by atoms with E-state index in [1.165, 1.54) is 0 Å². The molecular weight excluding hydrogens is 284 g/mol. The lowest BCUT2D eigenvalue weighted by Gasteiger charge is -2.06. The van der Waals surface area contributed by atoms with Crippen LogP contribution in [0.3, 0.4) is 0 Å². The fourth-order valence-corrected chi connectivity index (χ4v) is 2.74. The lowest BCUT2D eigenvalue weighted by atomic mass is 9.96. The standard InChI is InChI=1S/C18H15ClO2/c1-3-15-17(13-6-4-5-7-16(13)21-15)18(20)14-10-12(19)9-8-11(14)2/h4-10H,3H2,1-2H3. The van der Waals surface area contributed by atoms with Crippen LogP contribution >= 0.6 is 11.6 Å². The number of hydrogen-bond acceptors (Lipinski definition) is 2. The molecule has 0 unspecified atom stereocenters. The molecule has 3 aromatic rings. The molecule has 0 radical (unpaired) electrons. The summed E-state index contributed by atoms with van der Waals surface area (Å²) in [5.74, 6) is 0.692. The third kappa shape index (κ3) is 2.36. The molecule has 0 atom stereocenters. The SMILES string of the molecule is CCc1oc2ccccc2c1C(=O)c1cc(Cl)ccc1C. The van der Waals surface area contributed by atoms with Crippen molar-refractivity contribution < 1.29 is 9.21 Å². The van der Waals surface area contributed by atoms with Crippen LogP contribution < -0.4 is 0 Å². The van der Waals surface area contributed by atoms with Gasteiger partial charge in [0, 0.05) is 22.4 Å². The van der Waals surface area contributed by atoms with Gasteiger partial charge in [-0.2, -0.15) is 0 Å². The summed E-state index contributed by atoms with van der Waals surface area (Å²) in [5.41, 5.74) is 2.94. The Kier molecular flexibility index (Phi) is 3.56. The number of aryl methyl sites for hydroxylation is 2. The maximum Gasteiger partial charge on any atom is 0.197 e. The first kappa shape index (κ1) is 13.9. The van der Waals surface area contributed by atoms with E-state index in [9.17, 15) is 4.79 Å². The zero-order chi connectivity index (χ0) is 15.0. The molecule has 0 saturated heterocycles. The summed E-state index contributed by atoms with van der Waals surface area (Å²) in [5, 5.41) is 1.42. The average Bonchev–Trinajstić information content (AvgIpc) is 2.87. The van der Waals surface area contributed by atoms with Crippen molar-refractivity contribution in [3.8, 4) is 0 Å². The molecule has 0 spiro atoms. The molecule has 0 saturated carbocycles. The summed E-state index contributed by atoms with van der Waals surface area (Å²) >= 11 is 6.04. The zero-order valence-electron chi connectivity index (χ0n) is 11.9. The molecule has 3 rings (SSSR count). The number of para-hydroxylation sites is 1. The molecule has 0 aliphatic carbocycles. The van der Waals surface area contributed by atoms with Crippen LogP contribution in [-0.4, -0.2) is 5.78 Å². The molecule has 0 amide bonds. The average molecular weight is 299 g/mol. The van der Waals surface area contributed by atoms with Gasteiger partial charge < -0.3 is 4.42 Å². The van der Waals surface area contributed by atoms with E-state index in [-0.39, 0.29) is 5.78 Å². The van der Waals surface area contributed by atoms with E-state index in [1.807, 2.05) is 44.2 Å². The van der Waals surface area contributed by atoms with Gasteiger partial charge >= 0.3 is 0 Å². The maximum absolute atomic E-state index is 13.0. The Balaban J connectivity index is 2.24. The van der Waals surface area contributed by atoms with Crippen LogP contribution in [0.15, 0.2) is 46.9 Å². The van der Waals surface area contributed by atoms with E-state index in [1.54, 1.807) is 12.1 Å². The van der Waals surface area contributed by atoms with Crippen LogP contribution in [0.2, 0.25) is 5.02 Å². The Bertz CT molecular complexity index is 830. The summed E-state index contributed by atoms with van der Waals surface area (Å²) in [6, 6.07) is 13.0. The summed E-state index contributed by atoms with van der Waals surface area (Å²) in [7, 11) is 0. The van der Waals surface area contributed by atoms with Crippen LogP contribution in [0.5, 0.6) is 0 Å². The summed E-state index contributed by atoms with van der Waals surface area (Å²) in [6.07, 6.45) is 0.676. The number of carbonyl (C=O) groups excluding carboxylic acids is 1. The van der Waals surface area contributed by atoms with Crippen molar-refractivity contribution in [1.82, 2.24) is 0 Å². The lowest BCUT2D eigenvalue weighted by molar-refractivity contribution is 0.103. The van der Waals surface area contributed by atoms with Gasteiger partial charge in [-0.1, -0.05) is 42.8 Å². The van der Waals surface area contributed by atoms with E-state index in [4.69, 9.17) is 16.0 Å². The van der Waals surface area contributed by atoms with Crippen LogP contribution in [0, 0.1) is 6.92 Å². The van der Waals surface area contributed by atoms with Crippen molar-refractivity contribution in [2.75, 3.05) is 0 Å². The van der Waals surface area contributed by atoms with Gasteiger partial charge in [0.05, 0.1) is 5.56 Å². The molecule has 0 N–H and O–H groups in total. The Hall–Kier alpha value is -2.06. The number of furan rings is 1. The number of hydrogen-bond donors (Lipinski definition) is 0. The minimum absolute atomic E-state index is 0.0307. The second-order valence-electron chi connectivity index (χ2n) is 5.04. The number of carbonyl (C=O) groups is 1. The second kappa shape index (κ2) is 5.38. The van der Waals surface area contributed by atoms with Crippen LogP contribution in [-0.2, 0) is 6.42 Å². The first-order chi connectivity index (χ1) is 10.1. The van der Waals surface area contributed by atoms with Crippen molar-refractivity contribution >= 4 is 28.4 Å². The molecule has 0 bridgehead atoms. The monoisotopic (exact) mass is 298 g/mol. The predicted octanol–water partition coefficient (Wildman–Crippen LogP) is 5.19. The van der Waals surface area contributed by atoms with Gasteiger partial charge in [-0.15, -0.1) is 0 Å². The van der Waals surface area contributed by atoms with Gasteiger partial charge in [0.15, 0.2) is 5.78 Å². The van der Waals surface area contributed by atoms with Crippen LogP contribution in [0.25, 0.3) is 11.0 Å². The highest BCUT2D eigenvalue weighted by Gasteiger charge is 2.22.